The molecule has 0 saturated carbocycles. The molecule has 9 heteroatoms. The van der Waals surface area contributed by atoms with E-state index in [2.05, 4.69) is 25.6 Å². The number of carbonyl (C=O) groups excluding carboxylic acids is 1. The molecule has 0 unspecified atom stereocenters. The minimum Gasteiger partial charge on any atom is -0.348 e. The minimum atomic E-state index is -4.81. The third-order valence-corrected chi connectivity index (χ3v) is 3.53. The highest BCUT2D eigenvalue weighted by molar-refractivity contribution is 5.95. The van der Waals surface area contributed by atoms with E-state index >= 15 is 0 Å². The standard InChI is InChI=1S/C18H14F3N5O/c19-18(20,21)15-14(16(27)23-10-12-6-8-22-9-7-12)11-24-17(26-15)25-13-4-2-1-3-5-13/h1-9,11H,10H2,(H,23,27)(H,24,25,26). The third kappa shape index (κ3) is 4.78. The maximum Gasteiger partial charge on any atom is 0.434 e. The monoisotopic (exact) mass is 373 g/mol. The number of hydrogen-bond acceptors (Lipinski definition) is 5. The van der Waals surface area contributed by atoms with Crippen LogP contribution in [0.25, 0.3) is 0 Å². The molecule has 0 fully saturated rings. The van der Waals surface area contributed by atoms with E-state index < -0.39 is 23.3 Å². The lowest BCUT2D eigenvalue weighted by Gasteiger charge is -2.13. The minimum absolute atomic E-state index is 0.0582. The molecule has 0 saturated heterocycles. The lowest BCUT2D eigenvalue weighted by molar-refractivity contribution is -0.141. The summed E-state index contributed by atoms with van der Waals surface area (Å²) in [5.41, 5.74) is -0.714. The van der Waals surface area contributed by atoms with Gasteiger partial charge in [0.2, 0.25) is 5.95 Å². The second-order valence-electron chi connectivity index (χ2n) is 5.48. The van der Waals surface area contributed by atoms with Gasteiger partial charge < -0.3 is 10.6 Å². The van der Waals surface area contributed by atoms with E-state index in [9.17, 15) is 18.0 Å². The average molecular weight is 373 g/mol. The number of benzene rings is 1. The van der Waals surface area contributed by atoms with Crippen molar-refractivity contribution in [2.75, 3.05) is 5.32 Å². The predicted octanol–water partition coefficient (Wildman–Crippen LogP) is 3.56. The SMILES string of the molecule is O=C(NCc1ccncc1)c1cnc(Nc2ccccc2)nc1C(F)(F)F. The number of halogens is 3. The van der Waals surface area contributed by atoms with Crippen LogP contribution in [0.1, 0.15) is 21.6 Å². The van der Waals surface area contributed by atoms with Crippen LogP contribution in [0, 0.1) is 0 Å². The van der Waals surface area contributed by atoms with Crippen molar-refractivity contribution in [2.24, 2.45) is 0 Å². The summed E-state index contributed by atoms with van der Waals surface area (Å²) < 4.78 is 40.2. The molecule has 0 atom stereocenters. The number of amides is 1. The molecule has 3 rings (SSSR count). The van der Waals surface area contributed by atoms with E-state index in [0.717, 1.165) is 6.20 Å². The Labute approximate surface area is 152 Å². The number of nitrogens with one attached hydrogen (secondary N) is 2. The van der Waals surface area contributed by atoms with E-state index in [1.54, 1.807) is 42.5 Å². The first-order chi connectivity index (χ1) is 12.9. The van der Waals surface area contributed by atoms with Crippen molar-refractivity contribution in [3.05, 3.63) is 77.9 Å². The van der Waals surface area contributed by atoms with E-state index in [1.807, 2.05) is 0 Å². The average Bonchev–Trinajstić information content (AvgIpc) is 2.67. The molecule has 3 aromatic rings. The fourth-order valence-electron chi connectivity index (χ4n) is 2.25. The normalized spacial score (nSPS) is 11.1. The summed E-state index contributed by atoms with van der Waals surface area (Å²) in [7, 11) is 0. The van der Waals surface area contributed by atoms with Gasteiger partial charge in [-0.05, 0) is 29.8 Å². The summed E-state index contributed by atoms with van der Waals surface area (Å²) in [6.07, 6.45) is -0.895. The number of pyridine rings is 1. The van der Waals surface area contributed by atoms with Gasteiger partial charge in [0.05, 0.1) is 5.56 Å². The molecule has 2 aromatic heterocycles. The Kier molecular flexibility index (Phi) is 5.30. The van der Waals surface area contributed by atoms with Gasteiger partial charge >= 0.3 is 6.18 Å². The maximum atomic E-state index is 13.4. The number of anilines is 2. The first kappa shape index (κ1) is 18.3. The predicted molar refractivity (Wildman–Crippen MR) is 92.2 cm³/mol. The maximum absolute atomic E-state index is 13.4. The van der Waals surface area contributed by atoms with E-state index in [0.29, 0.717) is 11.3 Å². The lowest BCUT2D eigenvalue weighted by atomic mass is 10.2. The van der Waals surface area contributed by atoms with Crippen LogP contribution in [0.2, 0.25) is 0 Å². The summed E-state index contributed by atoms with van der Waals surface area (Å²) in [6.45, 7) is 0.0582. The largest absolute Gasteiger partial charge is 0.434 e. The van der Waals surface area contributed by atoms with Gasteiger partial charge in [-0.3, -0.25) is 9.78 Å². The van der Waals surface area contributed by atoms with Crippen molar-refractivity contribution in [3.8, 4) is 0 Å². The van der Waals surface area contributed by atoms with Crippen molar-refractivity contribution in [3.63, 3.8) is 0 Å². The molecule has 0 radical (unpaired) electrons. The number of rotatable bonds is 5. The van der Waals surface area contributed by atoms with Crippen LogP contribution in [0.3, 0.4) is 0 Å². The van der Waals surface area contributed by atoms with Crippen molar-refractivity contribution in [1.29, 1.82) is 0 Å². The van der Waals surface area contributed by atoms with Gasteiger partial charge in [0.25, 0.3) is 5.91 Å². The zero-order chi connectivity index (χ0) is 19.3. The number of aromatic nitrogens is 3. The Morgan fingerprint density at radius 1 is 1.04 bits per heavy atom. The molecule has 1 aromatic carbocycles. The Balaban J connectivity index is 1.82. The summed E-state index contributed by atoms with van der Waals surface area (Å²) in [4.78, 5) is 23.4. The quantitative estimate of drug-likeness (QED) is 0.715. The van der Waals surface area contributed by atoms with Crippen LogP contribution in [0.4, 0.5) is 24.8 Å². The van der Waals surface area contributed by atoms with Crippen LogP contribution < -0.4 is 10.6 Å². The number of hydrogen-bond donors (Lipinski definition) is 2. The van der Waals surface area contributed by atoms with Crippen molar-refractivity contribution in [2.45, 2.75) is 12.7 Å². The molecule has 0 bridgehead atoms. The molecule has 0 aliphatic heterocycles. The van der Waals surface area contributed by atoms with E-state index in [1.165, 1.54) is 12.4 Å². The fraction of sp³-hybridized carbons (Fsp3) is 0.111. The molecule has 138 valence electrons. The van der Waals surface area contributed by atoms with Crippen LogP contribution >= 0.6 is 0 Å². The topological polar surface area (TPSA) is 79.8 Å². The Morgan fingerprint density at radius 3 is 2.41 bits per heavy atom. The summed E-state index contributed by atoms with van der Waals surface area (Å²) >= 11 is 0. The van der Waals surface area contributed by atoms with Gasteiger partial charge in [-0.15, -0.1) is 0 Å². The molecule has 27 heavy (non-hydrogen) atoms. The third-order valence-electron chi connectivity index (χ3n) is 3.53. The van der Waals surface area contributed by atoms with Crippen LogP contribution in [0.15, 0.2) is 61.1 Å². The molecule has 1 amide bonds. The van der Waals surface area contributed by atoms with Crippen molar-refractivity contribution < 1.29 is 18.0 Å². The number of nitrogens with zero attached hydrogens (tertiary/aromatic N) is 3. The molecule has 2 heterocycles. The molecular weight excluding hydrogens is 359 g/mol. The van der Waals surface area contributed by atoms with Crippen LogP contribution in [0.5, 0.6) is 0 Å². The summed E-state index contributed by atoms with van der Waals surface area (Å²) in [5, 5.41) is 5.11. The fourth-order valence-corrected chi connectivity index (χ4v) is 2.25. The Morgan fingerprint density at radius 2 is 1.74 bits per heavy atom. The summed E-state index contributed by atoms with van der Waals surface area (Å²) in [6, 6.07) is 11.8. The van der Waals surface area contributed by atoms with E-state index in [-0.39, 0.29) is 12.5 Å². The molecular formula is C18H14F3N5O. The zero-order valence-electron chi connectivity index (χ0n) is 13.9. The van der Waals surface area contributed by atoms with Gasteiger partial charge in [0.1, 0.15) is 0 Å². The molecule has 0 spiro atoms. The van der Waals surface area contributed by atoms with Crippen LogP contribution in [-0.4, -0.2) is 20.9 Å². The lowest BCUT2D eigenvalue weighted by Crippen LogP contribution is -2.27. The highest BCUT2D eigenvalue weighted by Crippen LogP contribution is 2.31. The number of alkyl halides is 3. The van der Waals surface area contributed by atoms with Gasteiger partial charge in [-0.1, -0.05) is 18.2 Å². The smallest absolute Gasteiger partial charge is 0.348 e. The van der Waals surface area contributed by atoms with Gasteiger partial charge in [-0.25, -0.2) is 9.97 Å². The Hall–Kier alpha value is -3.49. The van der Waals surface area contributed by atoms with Gasteiger partial charge in [-0.2, -0.15) is 13.2 Å². The van der Waals surface area contributed by atoms with Gasteiger partial charge in [0, 0.05) is 30.8 Å². The van der Waals surface area contributed by atoms with Crippen molar-refractivity contribution in [1.82, 2.24) is 20.3 Å². The zero-order valence-corrected chi connectivity index (χ0v) is 13.9. The second kappa shape index (κ2) is 7.81. The number of carbonyl (C=O) groups is 1. The summed E-state index contributed by atoms with van der Waals surface area (Å²) in [5.74, 6) is -1.16. The Bertz CT molecular complexity index is 917. The van der Waals surface area contributed by atoms with Crippen LogP contribution in [-0.2, 0) is 12.7 Å². The molecule has 0 aliphatic carbocycles. The molecule has 6 nitrogen and oxygen atoms in total. The highest BCUT2D eigenvalue weighted by atomic mass is 19.4. The molecule has 0 aliphatic rings. The van der Waals surface area contributed by atoms with Gasteiger partial charge in [0.15, 0.2) is 5.69 Å². The van der Waals surface area contributed by atoms with Crippen molar-refractivity contribution >= 4 is 17.5 Å². The first-order valence-electron chi connectivity index (χ1n) is 7.87. The number of para-hydroxylation sites is 1. The van der Waals surface area contributed by atoms with E-state index in [4.69, 9.17) is 0 Å². The second-order valence-corrected chi connectivity index (χ2v) is 5.48. The highest BCUT2D eigenvalue weighted by Gasteiger charge is 2.38. The first-order valence-corrected chi connectivity index (χ1v) is 7.87. The molecule has 2 N–H and O–H groups in total.